The Labute approximate surface area is 136 Å². The molecule has 0 aliphatic carbocycles. The van der Waals surface area contributed by atoms with Crippen LogP contribution in [0.5, 0.6) is 5.75 Å². The summed E-state index contributed by atoms with van der Waals surface area (Å²) in [6.07, 6.45) is 0. The molecule has 1 amide bonds. The highest BCUT2D eigenvalue weighted by Gasteiger charge is 2.13. The van der Waals surface area contributed by atoms with Crippen molar-refractivity contribution < 1.29 is 13.9 Å². The number of carbonyl (C=O) groups excluding carboxylic acids is 1. The van der Waals surface area contributed by atoms with Crippen LogP contribution in [0.25, 0.3) is 11.5 Å². The fourth-order valence-electron chi connectivity index (χ4n) is 1.99. The Morgan fingerprint density at radius 1 is 1.13 bits per heavy atom. The molecule has 3 rings (SSSR count). The van der Waals surface area contributed by atoms with Crippen molar-refractivity contribution >= 4 is 17.5 Å². The van der Waals surface area contributed by atoms with Gasteiger partial charge in [0.2, 0.25) is 5.89 Å². The maximum Gasteiger partial charge on any atom is 0.254 e. The number of para-hydroxylation sites is 1. The Morgan fingerprint density at radius 2 is 1.87 bits per heavy atom. The van der Waals surface area contributed by atoms with Crippen molar-refractivity contribution in [3.63, 3.8) is 0 Å². The van der Waals surface area contributed by atoms with Gasteiger partial charge in [-0.25, -0.2) is 0 Å². The van der Waals surface area contributed by atoms with E-state index in [-0.39, 0.29) is 12.5 Å². The summed E-state index contributed by atoms with van der Waals surface area (Å²) in [4.78, 5) is 11.3. The summed E-state index contributed by atoms with van der Waals surface area (Å²) in [5.74, 6) is 0.358. The van der Waals surface area contributed by atoms with Crippen LogP contribution >= 0.6 is 11.6 Å². The number of hydrogen-bond donors (Lipinski definition) is 1. The fourth-order valence-corrected chi connectivity index (χ4v) is 2.21. The second-order valence-corrected chi connectivity index (χ2v) is 5.04. The first-order valence-electron chi connectivity index (χ1n) is 6.74. The van der Waals surface area contributed by atoms with Gasteiger partial charge in [-0.1, -0.05) is 35.9 Å². The number of ether oxygens (including phenoxy) is 1. The van der Waals surface area contributed by atoms with E-state index >= 15 is 0 Å². The number of aromatic nitrogens is 2. The normalized spacial score (nSPS) is 10.5. The highest BCUT2D eigenvalue weighted by molar-refractivity contribution is 6.33. The highest BCUT2D eigenvalue weighted by atomic mass is 35.5. The van der Waals surface area contributed by atoms with Crippen molar-refractivity contribution in [3.8, 4) is 17.2 Å². The van der Waals surface area contributed by atoms with E-state index in [0.717, 1.165) is 0 Å². The standard InChI is InChI=1S/C16H12ClN3O3/c17-12-7-3-1-5-10(12)16-20-19-14(23-16)9-22-13-8-4-2-6-11(13)15(18)21/h1-8H,9H2,(H2,18,21). The molecule has 116 valence electrons. The van der Waals surface area contributed by atoms with Gasteiger partial charge in [-0.2, -0.15) is 0 Å². The number of halogens is 1. The van der Waals surface area contributed by atoms with E-state index in [9.17, 15) is 4.79 Å². The summed E-state index contributed by atoms with van der Waals surface area (Å²) in [5.41, 5.74) is 6.23. The van der Waals surface area contributed by atoms with Crippen LogP contribution < -0.4 is 10.5 Å². The molecular formula is C16H12ClN3O3. The predicted molar refractivity (Wildman–Crippen MR) is 84.0 cm³/mol. The summed E-state index contributed by atoms with van der Waals surface area (Å²) in [7, 11) is 0. The van der Waals surface area contributed by atoms with Gasteiger partial charge in [0.1, 0.15) is 5.75 Å². The zero-order chi connectivity index (χ0) is 16.2. The summed E-state index contributed by atoms with van der Waals surface area (Å²) >= 11 is 6.09. The molecule has 3 aromatic rings. The lowest BCUT2D eigenvalue weighted by Gasteiger charge is -2.06. The minimum Gasteiger partial charge on any atom is -0.483 e. The van der Waals surface area contributed by atoms with E-state index in [0.29, 0.717) is 27.8 Å². The second kappa shape index (κ2) is 6.50. The maximum absolute atomic E-state index is 11.3. The molecule has 6 nitrogen and oxygen atoms in total. The number of nitrogens with two attached hydrogens (primary N) is 1. The molecule has 2 aromatic carbocycles. The number of rotatable bonds is 5. The molecule has 0 aliphatic heterocycles. The molecule has 1 heterocycles. The van der Waals surface area contributed by atoms with Crippen molar-refractivity contribution in [1.82, 2.24) is 10.2 Å². The van der Waals surface area contributed by atoms with Crippen molar-refractivity contribution in [2.45, 2.75) is 6.61 Å². The van der Waals surface area contributed by atoms with Gasteiger partial charge in [-0.3, -0.25) is 4.79 Å². The van der Waals surface area contributed by atoms with E-state index in [2.05, 4.69) is 10.2 Å². The van der Waals surface area contributed by atoms with Crippen molar-refractivity contribution in [2.75, 3.05) is 0 Å². The van der Waals surface area contributed by atoms with Crippen LogP contribution in [0.4, 0.5) is 0 Å². The number of amides is 1. The molecule has 0 aliphatic rings. The number of nitrogens with zero attached hydrogens (tertiary/aromatic N) is 2. The first kappa shape index (κ1) is 15.1. The maximum atomic E-state index is 11.3. The van der Waals surface area contributed by atoms with Crippen molar-refractivity contribution in [3.05, 3.63) is 65.0 Å². The van der Waals surface area contributed by atoms with Gasteiger partial charge in [0.05, 0.1) is 16.1 Å². The Morgan fingerprint density at radius 3 is 2.65 bits per heavy atom. The lowest BCUT2D eigenvalue weighted by molar-refractivity contribution is 0.0995. The van der Waals surface area contributed by atoms with E-state index in [1.165, 1.54) is 0 Å². The van der Waals surface area contributed by atoms with Crippen LogP contribution in [0, 0.1) is 0 Å². The van der Waals surface area contributed by atoms with Gasteiger partial charge < -0.3 is 14.9 Å². The number of primary amides is 1. The molecule has 2 N–H and O–H groups in total. The lowest BCUT2D eigenvalue weighted by Crippen LogP contribution is -2.12. The van der Waals surface area contributed by atoms with Gasteiger partial charge in [-0.15, -0.1) is 10.2 Å². The highest BCUT2D eigenvalue weighted by Crippen LogP contribution is 2.26. The molecule has 0 saturated carbocycles. The molecule has 0 bridgehead atoms. The molecule has 7 heteroatoms. The molecule has 1 aromatic heterocycles. The third-order valence-electron chi connectivity index (χ3n) is 3.07. The Kier molecular flexibility index (Phi) is 4.25. The Bertz CT molecular complexity index is 848. The lowest BCUT2D eigenvalue weighted by atomic mass is 10.2. The molecule has 0 atom stereocenters. The van der Waals surface area contributed by atoms with Gasteiger partial charge >= 0.3 is 0 Å². The first-order valence-corrected chi connectivity index (χ1v) is 7.12. The number of carbonyl (C=O) groups is 1. The first-order chi connectivity index (χ1) is 11.1. The minimum atomic E-state index is -0.567. The molecule has 0 saturated heterocycles. The summed E-state index contributed by atoms with van der Waals surface area (Å²) in [5, 5.41) is 8.37. The smallest absolute Gasteiger partial charge is 0.254 e. The summed E-state index contributed by atoms with van der Waals surface area (Å²) in [6, 6.07) is 13.8. The van der Waals surface area contributed by atoms with Gasteiger partial charge in [-0.05, 0) is 24.3 Å². The molecule has 0 unspecified atom stereocenters. The van der Waals surface area contributed by atoms with E-state index in [4.69, 9.17) is 26.5 Å². The molecular weight excluding hydrogens is 318 g/mol. The van der Waals surface area contributed by atoms with Gasteiger partial charge in [0.15, 0.2) is 6.61 Å². The SMILES string of the molecule is NC(=O)c1ccccc1OCc1nnc(-c2ccccc2Cl)o1. The zero-order valence-corrected chi connectivity index (χ0v) is 12.7. The Hall–Kier alpha value is -2.86. The summed E-state index contributed by atoms with van der Waals surface area (Å²) < 4.78 is 11.1. The van der Waals surface area contributed by atoms with Crippen LogP contribution in [0.1, 0.15) is 16.2 Å². The topological polar surface area (TPSA) is 91.2 Å². The number of benzene rings is 2. The third-order valence-corrected chi connectivity index (χ3v) is 3.40. The average molecular weight is 330 g/mol. The van der Waals surface area contributed by atoms with Crippen LogP contribution in [0.2, 0.25) is 5.02 Å². The molecule has 0 fully saturated rings. The van der Waals surface area contributed by atoms with Crippen LogP contribution in [0.15, 0.2) is 52.9 Å². The van der Waals surface area contributed by atoms with E-state index in [1.54, 1.807) is 36.4 Å². The Balaban J connectivity index is 1.76. The minimum absolute atomic E-state index is 0.0156. The largest absolute Gasteiger partial charge is 0.483 e. The third kappa shape index (κ3) is 3.32. The van der Waals surface area contributed by atoms with Crippen LogP contribution in [-0.2, 0) is 6.61 Å². The van der Waals surface area contributed by atoms with Crippen molar-refractivity contribution in [2.24, 2.45) is 5.73 Å². The molecule has 23 heavy (non-hydrogen) atoms. The zero-order valence-electron chi connectivity index (χ0n) is 11.9. The van der Waals surface area contributed by atoms with E-state index in [1.807, 2.05) is 12.1 Å². The second-order valence-electron chi connectivity index (χ2n) is 4.63. The molecule has 0 radical (unpaired) electrons. The fraction of sp³-hybridized carbons (Fsp3) is 0.0625. The predicted octanol–water partition coefficient (Wildman–Crippen LogP) is 3.07. The van der Waals surface area contributed by atoms with Crippen LogP contribution in [-0.4, -0.2) is 16.1 Å². The van der Waals surface area contributed by atoms with E-state index < -0.39 is 5.91 Å². The average Bonchev–Trinajstić information content (AvgIpc) is 3.02. The summed E-state index contributed by atoms with van der Waals surface area (Å²) in [6.45, 7) is 0.0156. The van der Waals surface area contributed by atoms with Crippen molar-refractivity contribution in [1.29, 1.82) is 0 Å². The van der Waals surface area contributed by atoms with Crippen LogP contribution in [0.3, 0.4) is 0 Å². The van der Waals surface area contributed by atoms with Gasteiger partial charge in [0, 0.05) is 0 Å². The quantitative estimate of drug-likeness (QED) is 0.776. The monoisotopic (exact) mass is 329 g/mol. The number of hydrogen-bond acceptors (Lipinski definition) is 5. The van der Waals surface area contributed by atoms with Gasteiger partial charge in [0.25, 0.3) is 11.8 Å². The molecule has 0 spiro atoms.